The standard InChI is InChI=1S/C18H36N2O/c1-4-9-15(19-12-5-2)16(6-3)20-13-14-21-18-11-8-7-10-17(18)20/h15-19H,4-14H2,1-3H3. The van der Waals surface area contributed by atoms with E-state index >= 15 is 0 Å². The number of nitrogens with zero attached hydrogens (tertiary/aromatic N) is 1. The van der Waals surface area contributed by atoms with Gasteiger partial charge in [-0.2, -0.15) is 0 Å². The second-order valence-electron chi connectivity index (χ2n) is 6.82. The normalized spacial score (nSPS) is 29.9. The third-order valence-corrected chi connectivity index (χ3v) is 5.34. The number of hydrogen-bond acceptors (Lipinski definition) is 3. The van der Waals surface area contributed by atoms with Crippen molar-refractivity contribution in [1.82, 2.24) is 10.2 Å². The lowest BCUT2D eigenvalue weighted by Crippen LogP contribution is -2.61. The summed E-state index contributed by atoms with van der Waals surface area (Å²) in [5.74, 6) is 0. The summed E-state index contributed by atoms with van der Waals surface area (Å²) in [6.45, 7) is 10.2. The summed E-state index contributed by atoms with van der Waals surface area (Å²) < 4.78 is 6.07. The van der Waals surface area contributed by atoms with Gasteiger partial charge >= 0.3 is 0 Å². The zero-order valence-corrected chi connectivity index (χ0v) is 14.4. The van der Waals surface area contributed by atoms with Crippen molar-refractivity contribution < 1.29 is 4.74 Å². The Hall–Kier alpha value is -0.120. The van der Waals surface area contributed by atoms with E-state index < -0.39 is 0 Å². The van der Waals surface area contributed by atoms with Crippen molar-refractivity contribution in [3.05, 3.63) is 0 Å². The van der Waals surface area contributed by atoms with Crippen LogP contribution in [-0.2, 0) is 4.74 Å². The van der Waals surface area contributed by atoms with Crippen LogP contribution in [0.1, 0.15) is 72.1 Å². The van der Waals surface area contributed by atoms with Crippen LogP contribution in [-0.4, -0.2) is 48.8 Å². The molecule has 0 aromatic heterocycles. The number of morpholine rings is 1. The van der Waals surface area contributed by atoms with Gasteiger partial charge in [-0.3, -0.25) is 4.90 Å². The minimum absolute atomic E-state index is 0.509. The number of rotatable bonds is 8. The quantitative estimate of drug-likeness (QED) is 0.741. The predicted octanol–water partition coefficient (Wildman–Crippen LogP) is 3.58. The van der Waals surface area contributed by atoms with Gasteiger partial charge in [0.25, 0.3) is 0 Å². The van der Waals surface area contributed by atoms with Crippen LogP contribution in [0.15, 0.2) is 0 Å². The molecule has 0 amide bonds. The van der Waals surface area contributed by atoms with E-state index in [0.717, 1.165) is 19.7 Å². The van der Waals surface area contributed by atoms with E-state index in [4.69, 9.17) is 4.74 Å². The summed E-state index contributed by atoms with van der Waals surface area (Å²) in [4.78, 5) is 2.82. The molecule has 124 valence electrons. The Balaban J connectivity index is 2.05. The largest absolute Gasteiger partial charge is 0.375 e. The Morgan fingerprint density at radius 2 is 1.95 bits per heavy atom. The zero-order valence-electron chi connectivity index (χ0n) is 14.4. The van der Waals surface area contributed by atoms with Crippen molar-refractivity contribution in [2.24, 2.45) is 0 Å². The van der Waals surface area contributed by atoms with Gasteiger partial charge in [-0.25, -0.2) is 0 Å². The second-order valence-corrected chi connectivity index (χ2v) is 6.82. The molecule has 3 heteroatoms. The molecule has 1 aliphatic heterocycles. The van der Waals surface area contributed by atoms with Crippen LogP contribution in [0.2, 0.25) is 0 Å². The van der Waals surface area contributed by atoms with E-state index in [1.807, 2.05) is 0 Å². The fraction of sp³-hybridized carbons (Fsp3) is 1.00. The van der Waals surface area contributed by atoms with Gasteiger partial charge in [0, 0.05) is 24.7 Å². The third-order valence-electron chi connectivity index (χ3n) is 5.34. The lowest BCUT2D eigenvalue weighted by molar-refractivity contribution is -0.107. The van der Waals surface area contributed by atoms with Crippen LogP contribution < -0.4 is 5.32 Å². The zero-order chi connectivity index (χ0) is 15.1. The lowest BCUT2D eigenvalue weighted by atomic mass is 9.87. The summed E-state index contributed by atoms with van der Waals surface area (Å²) >= 11 is 0. The van der Waals surface area contributed by atoms with E-state index in [1.54, 1.807) is 0 Å². The Morgan fingerprint density at radius 1 is 1.14 bits per heavy atom. The van der Waals surface area contributed by atoms with Crippen LogP contribution in [0.5, 0.6) is 0 Å². The van der Waals surface area contributed by atoms with E-state index in [0.29, 0.717) is 24.2 Å². The van der Waals surface area contributed by atoms with Crippen molar-refractivity contribution in [2.45, 2.75) is 96.4 Å². The molecule has 0 spiro atoms. The Bertz CT molecular complexity index is 282. The average Bonchev–Trinajstić information content (AvgIpc) is 2.53. The molecule has 1 heterocycles. The molecule has 0 aromatic rings. The van der Waals surface area contributed by atoms with Crippen molar-refractivity contribution in [2.75, 3.05) is 19.7 Å². The van der Waals surface area contributed by atoms with Gasteiger partial charge in [-0.1, -0.05) is 40.0 Å². The third kappa shape index (κ3) is 4.43. The number of hydrogen-bond donors (Lipinski definition) is 1. The van der Waals surface area contributed by atoms with Gasteiger partial charge in [0.1, 0.15) is 0 Å². The maximum absolute atomic E-state index is 6.07. The second kappa shape index (κ2) is 9.12. The van der Waals surface area contributed by atoms with E-state index in [1.165, 1.54) is 51.4 Å². The molecule has 2 fully saturated rings. The lowest BCUT2D eigenvalue weighted by Gasteiger charge is -2.49. The highest BCUT2D eigenvalue weighted by atomic mass is 16.5. The average molecular weight is 296 g/mol. The van der Waals surface area contributed by atoms with Crippen molar-refractivity contribution in [3.63, 3.8) is 0 Å². The Morgan fingerprint density at radius 3 is 2.67 bits per heavy atom. The van der Waals surface area contributed by atoms with Crippen LogP contribution >= 0.6 is 0 Å². The summed E-state index contributed by atoms with van der Waals surface area (Å²) in [7, 11) is 0. The first-order valence-corrected chi connectivity index (χ1v) is 9.42. The van der Waals surface area contributed by atoms with Crippen molar-refractivity contribution in [3.8, 4) is 0 Å². The van der Waals surface area contributed by atoms with Gasteiger partial charge in [0.05, 0.1) is 12.7 Å². The first-order chi connectivity index (χ1) is 10.3. The molecular weight excluding hydrogens is 260 g/mol. The maximum atomic E-state index is 6.07. The van der Waals surface area contributed by atoms with E-state index in [2.05, 4.69) is 31.0 Å². The molecule has 1 saturated carbocycles. The molecule has 1 N–H and O–H groups in total. The van der Waals surface area contributed by atoms with Gasteiger partial charge in [0.2, 0.25) is 0 Å². The van der Waals surface area contributed by atoms with Gasteiger partial charge in [-0.15, -0.1) is 0 Å². The van der Waals surface area contributed by atoms with Crippen LogP contribution in [0.25, 0.3) is 0 Å². The summed E-state index contributed by atoms with van der Waals surface area (Å²) in [5.41, 5.74) is 0. The van der Waals surface area contributed by atoms with Gasteiger partial charge < -0.3 is 10.1 Å². The fourth-order valence-corrected chi connectivity index (χ4v) is 4.36. The number of ether oxygens (including phenoxy) is 1. The highest BCUT2D eigenvalue weighted by Gasteiger charge is 2.39. The highest BCUT2D eigenvalue weighted by Crippen LogP contribution is 2.31. The monoisotopic (exact) mass is 296 g/mol. The first kappa shape index (κ1) is 17.2. The van der Waals surface area contributed by atoms with E-state index in [9.17, 15) is 0 Å². The molecule has 1 saturated heterocycles. The fourth-order valence-electron chi connectivity index (χ4n) is 4.36. The predicted molar refractivity (Wildman–Crippen MR) is 89.8 cm³/mol. The minimum Gasteiger partial charge on any atom is -0.375 e. The molecule has 0 radical (unpaired) electrons. The summed E-state index contributed by atoms with van der Waals surface area (Å²) in [5, 5.41) is 3.83. The molecule has 0 aromatic carbocycles. The van der Waals surface area contributed by atoms with E-state index in [-0.39, 0.29) is 0 Å². The molecule has 1 aliphatic carbocycles. The molecule has 4 unspecified atom stereocenters. The first-order valence-electron chi connectivity index (χ1n) is 9.42. The van der Waals surface area contributed by atoms with Crippen molar-refractivity contribution in [1.29, 1.82) is 0 Å². The summed E-state index contributed by atoms with van der Waals surface area (Å²) in [6, 6.07) is 2.02. The molecule has 4 atom stereocenters. The SMILES string of the molecule is CCCNC(CCC)C(CC)N1CCOC2CCCCC21. The van der Waals surface area contributed by atoms with Crippen LogP contribution in [0.4, 0.5) is 0 Å². The smallest absolute Gasteiger partial charge is 0.0731 e. The number of nitrogens with one attached hydrogen (secondary N) is 1. The molecule has 2 rings (SSSR count). The van der Waals surface area contributed by atoms with Gasteiger partial charge in [0.15, 0.2) is 0 Å². The topological polar surface area (TPSA) is 24.5 Å². The molecule has 2 aliphatic rings. The minimum atomic E-state index is 0.509. The summed E-state index contributed by atoms with van der Waals surface area (Å²) in [6.07, 6.45) is 10.9. The van der Waals surface area contributed by atoms with Crippen molar-refractivity contribution >= 4 is 0 Å². The Labute approximate surface area is 131 Å². The molecular formula is C18H36N2O. The van der Waals surface area contributed by atoms with Crippen LogP contribution in [0, 0.1) is 0 Å². The molecule has 3 nitrogen and oxygen atoms in total. The van der Waals surface area contributed by atoms with Crippen LogP contribution in [0.3, 0.4) is 0 Å². The number of fused-ring (bicyclic) bond motifs is 1. The molecule has 21 heavy (non-hydrogen) atoms. The maximum Gasteiger partial charge on any atom is 0.0731 e. The highest BCUT2D eigenvalue weighted by molar-refractivity contribution is 4.94. The Kier molecular flexibility index (Phi) is 7.48. The van der Waals surface area contributed by atoms with Gasteiger partial charge in [-0.05, 0) is 38.6 Å². The molecule has 0 bridgehead atoms.